The van der Waals surface area contributed by atoms with Crippen LogP contribution in [0.1, 0.15) is 27.3 Å². The second-order valence-corrected chi connectivity index (χ2v) is 7.97. The molecule has 3 nitrogen and oxygen atoms in total. The number of ketones is 1. The smallest absolute Gasteiger partial charge is 0.173 e. The molecule has 136 valence electrons. The molecule has 5 rings (SSSR count). The third-order valence-corrected chi connectivity index (χ3v) is 6.13. The van der Waals surface area contributed by atoms with Gasteiger partial charge in [0.25, 0.3) is 0 Å². The van der Waals surface area contributed by atoms with Gasteiger partial charge in [-0.3, -0.25) is 4.79 Å². The summed E-state index contributed by atoms with van der Waals surface area (Å²) in [7, 11) is 0. The number of fused-ring (bicyclic) bond motifs is 4. The molecule has 0 aliphatic heterocycles. The number of hydrogen-bond acceptors (Lipinski definition) is 4. The molecule has 0 fully saturated rings. The van der Waals surface area contributed by atoms with Gasteiger partial charge in [0, 0.05) is 10.9 Å². The Hall–Kier alpha value is -2.98. The van der Waals surface area contributed by atoms with Crippen molar-refractivity contribution in [3.8, 4) is 11.1 Å². The first kappa shape index (κ1) is 17.1. The fourth-order valence-electron chi connectivity index (χ4n) is 3.78. The number of carbonyl (C=O) groups is 1. The minimum absolute atomic E-state index is 0.123. The number of thioether (sulfide) groups is 1. The lowest BCUT2D eigenvalue weighted by Gasteiger charge is -2.07. The van der Waals surface area contributed by atoms with E-state index in [2.05, 4.69) is 40.3 Å². The highest BCUT2D eigenvalue weighted by Crippen LogP contribution is 2.37. The fourth-order valence-corrected chi connectivity index (χ4v) is 4.74. The lowest BCUT2D eigenvalue weighted by molar-refractivity contribution is 0.102. The molecule has 4 aromatic rings. The monoisotopic (exact) mass is 382 g/mol. The summed E-state index contributed by atoms with van der Waals surface area (Å²) >= 11 is 1.49. The van der Waals surface area contributed by atoms with Crippen LogP contribution in [-0.2, 0) is 6.42 Å². The highest BCUT2D eigenvalue weighted by Gasteiger charge is 2.19. The Bertz CT molecular complexity index is 1230. The van der Waals surface area contributed by atoms with Crippen LogP contribution in [0.3, 0.4) is 0 Å². The maximum Gasteiger partial charge on any atom is 0.173 e. The Morgan fingerprint density at radius 1 is 0.929 bits per heavy atom. The summed E-state index contributed by atoms with van der Waals surface area (Å²) in [6.45, 7) is 1.89. The number of Topliss-reactive ketones (excluding diaryl/α,β-unsaturated/α-hetero) is 1. The molecule has 0 unspecified atom stereocenters. The van der Waals surface area contributed by atoms with Gasteiger partial charge in [0.1, 0.15) is 10.9 Å². The Labute approximate surface area is 167 Å². The Morgan fingerprint density at radius 2 is 1.71 bits per heavy atom. The number of aryl methyl sites for hydroxylation is 1. The molecule has 0 atom stereocenters. The minimum Gasteiger partial charge on any atom is -0.293 e. The number of para-hydroxylation sites is 1. The molecule has 0 amide bonds. The molecule has 3 aromatic carbocycles. The molecule has 0 N–H and O–H groups in total. The third kappa shape index (κ3) is 3.00. The molecule has 0 saturated carbocycles. The lowest BCUT2D eigenvalue weighted by atomic mass is 10.0. The number of nitrogens with zero attached hydrogens (tertiary/aromatic N) is 2. The molecule has 4 heteroatoms. The molecule has 1 aliphatic carbocycles. The normalized spacial score (nSPS) is 12.0. The Balaban J connectivity index is 1.41. The summed E-state index contributed by atoms with van der Waals surface area (Å²) in [5, 5.41) is 1.86. The van der Waals surface area contributed by atoms with E-state index in [1.54, 1.807) is 0 Å². The van der Waals surface area contributed by atoms with E-state index in [1.807, 2.05) is 43.3 Å². The van der Waals surface area contributed by atoms with Gasteiger partial charge < -0.3 is 0 Å². The predicted molar refractivity (Wildman–Crippen MR) is 114 cm³/mol. The maximum atomic E-state index is 12.9. The molecule has 0 radical (unpaired) electrons. The zero-order valence-electron chi connectivity index (χ0n) is 15.5. The van der Waals surface area contributed by atoms with Gasteiger partial charge in [0.05, 0.1) is 11.3 Å². The van der Waals surface area contributed by atoms with Crippen molar-refractivity contribution in [2.24, 2.45) is 0 Å². The second-order valence-electron chi connectivity index (χ2n) is 7.01. The van der Waals surface area contributed by atoms with Crippen LogP contribution in [0.25, 0.3) is 22.0 Å². The van der Waals surface area contributed by atoms with Crippen molar-refractivity contribution < 1.29 is 4.79 Å². The highest BCUT2D eigenvalue weighted by atomic mass is 32.2. The van der Waals surface area contributed by atoms with Gasteiger partial charge in [0.15, 0.2) is 5.78 Å². The average molecular weight is 382 g/mol. The Kier molecular flexibility index (Phi) is 4.21. The van der Waals surface area contributed by atoms with E-state index in [4.69, 9.17) is 0 Å². The van der Waals surface area contributed by atoms with Gasteiger partial charge >= 0.3 is 0 Å². The summed E-state index contributed by atoms with van der Waals surface area (Å²) in [5.74, 6) is 1.21. The standard InChI is InChI=1S/C24H18N2OS/c1-15-25-22-9-5-4-8-20(22)24(26-15)28-14-23(27)18-11-10-17-12-16-6-2-3-7-19(16)21(17)13-18/h2-11,13H,12,14H2,1H3. The molecule has 28 heavy (non-hydrogen) atoms. The largest absolute Gasteiger partial charge is 0.293 e. The summed E-state index contributed by atoms with van der Waals surface area (Å²) in [4.78, 5) is 21.9. The van der Waals surface area contributed by atoms with Crippen molar-refractivity contribution in [2.45, 2.75) is 18.4 Å². The van der Waals surface area contributed by atoms with E-state index in [-0.39, 0.29) is 5.78 Å². The van der Waals surface area contributed by atoms with Crippen LogP contribution < -0.4 is 0 Å². The lowest BCUT2D eigenvalue weighted by Crippen LogP contribution is -2.04. The van der Waals surface area contributed by atoms with E-state index in [0.717, 1.165) is 33.7 Å². The van der Waals surface area contributed by atoms with Crippen LogP contribution in [0.2, 0.25) is 0 Å². The number of benzene rings is 3. The maximum absolute atomic E-state index is 12.9. The van der Waals surface area contributed by atoms with Gasteiger partial charge in [-0.05, 0) is 47.7 Å². The average Bonchev–Trinajstić information content (AvgIpc) is 3.09. The first-order valence-electron chi connectivity index (χ1n) is 9.29. The van der Waals surface area contributed by atoms with Crippen LogP contribution in [-0.4, -0.2) is 21.5 Å². The van der Waals surface area contributed by atoms with E-state index in [1.165, 1.54) is 34.0 Å². The van der Waals surface area contributed by atoms with Gasteiger partial charge in [-0.25, -0.2) is 9.97 Å². The zero-order valence-corrected chi connectivity index (χ0v) is 16.3. The highest BCUT2D eigenvalue weighted by molar-refractivity contribution is 8.00. The van der Waals surface area contributed by atoms with E-state index < -0.39 is 0 Å². The minimum atomic E-state index is 0.123. The molecule has 0 saturated heterocycles. The topological polar surface area (TPSA) is 42.9 Å². The van der Waals surface area contributed by atoms with Gasteiger partial charge in [-0.15, -0.1) is 0 Å². The van der Waals surface area contributed by atoms with Crippen LogP contribution in [0.4, 0.5) is 0 Å². The Morgan fingerprint density at radius 3 is 2.64 bits per heavy atom. The molecule has 1 aliphatic rings. The number of carbonyl (C=O) groups excluding carboxylic acids is 1. The quantitative estimate of drug-likeness (QED) is 0.234. The zero-order chi connectivity index (χ0) is 19.1. The number of hydrogen-bond donors (Lipinski definition) is 0. The van der Waals surface area contributed by atoms with Gasteiger partial charge in [0.2, 0.25) is 0 Å². The number of aromatic nitrogens is 2. The van der Waals surface area contributed by atoms with Crippen LogP contribution in [0.15, 0.2) is 71.8 Å². The molecule has 0 bridgehead atoms. The molecule has 1 heterocycles. The SMILES string of the molecule is Cc1nc(SCC(=O)c2ccc3c(c2)-c2ccccc2C3)c2ccccc2n1. The van der Waals surface area contributed by atoms with Gasteiger partial charge in [-0.2, -0.15) is 0 Å². The second kappa shape index (κ2) is 6.88. The van der Waals surface area contributed by atoms with Crippen LogP contribution in [0.5, 0.6) is 0 Å². The first-order valence-corrected chi connectivity index (χ1v) is 10.3. The van der Waals surface area contributed by atoms with Gasteiger partial charge in [-0.1, -0.05) is 66.4 Å². The number of rotatable bonds is 4. The van der Waals surface area contributed by atoms with E-state index in [0.29, 0.717) is 5.75 Å². The van der Waals surface area contributed by atoms with Crippen molar-refractivity contribution >= 4 is 28.4 Å². The van der Waals surface area contributed by atoms with Crippen molar-refractivity contribution in [1.82, 2.24) is 9.97 Å². The van der Waals surface area contributed by atoms with E-state index in [9.17, 15) is 4.79 Å². The summed E-state index contributed by atoms with van der Waals surface area (Å²) in [6, 6.07) is 22.5. The summed E-state index contributed by atoms with van der Waals surface area (Å²) in [6.07, 6.45) is 0.945. The molecule has 1 aromatic heterocycles. The molecular weight excluding hydrogens is 364 g/mol. The summed E-state index contributed by atoms with van der Waals surface area (Å²) < 4.78 is 0. The predicted octanol–water partition coefficient (Wildman–Crippen LogP) is 5.48. The van der Waals surface area contributed by atoms with Crippen molar-refractivity contribution in [2.75, 3.05) is 5.75 Å². The first-order chi connectivity index (χ1) is 13.7. The van der Waals surface area contributed by atoms with Crippen LogP contribution >= 0.6 is 11.8 Å². The van der Waals surface area contributed by atoms with E-state index >= 15 is 0 Å². The summed E-state index contributed by atoms with van der Waals surface area (Å²) in [5.41, 5.74) is 6.74. The molecule has 0 spiro atoms. The fraction of sp³-hybridized carbons (Fsp3) is 0.125. The molecular formula is C24H18N2OS. The third-order valence-electron chi connectivity index (χ3n) is 5.14. The van der Waals surface area contributed by atoms with Crippen molar-refractivity contribution in [1.29, 1.82) is 0 Å². The van der Waals surface area contributed by atoms with Crippen LogP contribution in [0, 0.1) is 6.92 Å². The van der Waals surface area contributed by atoms with Crippen molar-refractivity contribution in [3.05, 3.63) is 89.2 Å². The van der Waals surface area contributed by atoms with Crippen molar-refractivity contribution in [3.63, 3.8) is 0 Å².